The Labute approximate surface area is 172 Å². The van der Waals surface area contributed by atoms with Crippen molar-refractivity contribution in [1.82, 2.24) is 19.8 Å². The molecule has 2 aromatic rings. The van der Waals surface area contributed by atoms with Crippen molar-refractivity contribution < 1.29 is 14.3 Å². The Bertz CT molecular complexity index is 838. The number of carbonyl (C=O) groups excluding carboxylic acids is 1. The summed E-state index contributed by atoms with van der Waals surface area (Å²) in [6.45, 7) is 5.88. The van der Waals surface area contributed by atoms with Crippen molar-refractivity contribution in [2.24, 2.45) is 0 Å². The maximum absolute atomic E-state index is 12.4. The highest BCUT2D eigenvalue weighted by Gasteiger charge is 2.26. The first kappa shape index (κ1) is 19.8. The number of aromatic nitrogens is 2. The fourth-order valence-electron chi connectivity index (χ4n) is 3.75. The molecule has 2 heterocycles. The molecule has 0 unspecified atom stereocenters. The molecule has 4 rings (SSSR count). The van der Waals surface area contributed by atoms with Gasteiger partial charge in [-0.1, -0.05) is 0 Å². The summed E-state index contributed by atoms with van der Waals surface area (Å²) in [4.78, 5) is 19.3. The Hall–Kier alpha value is -2.54. The van der Waals surface area contributed by atoms with Gasteiger partial charge >= 0.3 is 0 Å². The van der Waals surface area contributed by atoms with Crippen LogP contribution < -0.4 is 14.8 Å². The minimum Gasteiger partial charge on any atom is -0.493 e. The molecular formula is C22H30N4O3. The number of benzene rings is 1. The monoisotopic (exact) mass is 398 g/mol. The Morgan fingerprint density at radius 2 is 2.00 bits per heavy atom. The molecular weight excluding hydrogens is 368 g/mol. The highest BCUT2D eigenvalue weighted by Crippen LogP contribution is 2.31. The molecule has 29 heavy (non-hydrogen) atoms. The minimum absolute atomic E-state index is 0.0405. The van der Waals surface area contributed by atoms with Crippen LogP contribution in [0.1, 0.15) is 48.8 Å². The summed E-state index contributed by atoms with van der Waals surface area (Å²) in [6, 6.07) is 5.75. The Balaban J connectivity index is 1.35. The lowest BCUT2D eigenvalue weighted by Crippen LogP contribution is -2.38. The average Bonchev–Trinajstić information content (AvgIpc) is 3.44. The number of piperidine rings is 1. The van der Waals surface area contributed by atoms with Crippen molar-refractivity contribution in [3.63, 3.8) is 0 Å². The number of nitrogens with one attached hydrogen (secondary N) is 1. The van der Waals surface area contributed by atoms with E-state index in [1.54, 1.807) is 19.2 Å². The van der Waals surface area contributed by atoms with Gasteiger partial charge in [0.1, 0.15) is 11.9 Å². The van der Waals surface area contributed by atoms with Gasteiger partial charge in [-0.3, -0.25) is 9.69 Å². The number of ether oxygens (including phenoxy) is 2. The molecule has 1 N–H and O–H groups in total. The summed E-state index contributed by atoms with van der Waals surface area (Å²) in [6.07, 6.45) is 8.04. The first-order chi connectivity index (χ1) is 14.2. The fraction of sp³-hybridized carbons (Fsp3) is 0.545. The Kier molecular flexibility index (Phi) is 6.04. The molecule has 1 saturated carbocycles. The number of hydrogen-bond donors (Lipinski definition) is 1. The van der Waals surface area contributed by atoms with Crippen molar-refractivity contribution in [2.75, 3.05) is 20.2 Å². The van der Waals surface area contributed by atoms with Crippen LogP contribution in [0.15, 0.2) is 30.6 Å². The van der Waals surface area contributed by atoms with Gasteiger partial charge in [-0.2, -0.15) is 0 Å². The molecule has 0 bridgehead atoms. The number of likely N-dealkylation sites (tertiary alicyclic amines) is 1. The predicted molar refractivity (Wildman–Crippen MR) is 110 cm³/mol. The summed E-state index contributed by atoms with van der Waals surface area (Å²) >= 11 is 0. The van der Waals surface area contributed by atoms with Crippen LogP contribution >= 0.6 is 0 Å². The maximum Gasteiger partial charge on any atom is 0.251 e. The van der Waals surface area contributed by atoms with Crippen molar-refractivity contribution in [2.45, 2.75) is 57.8 Å². The van der Waals surface area contributed by atoms with Crippen molar-refractivity contribution >= 4 is 5.91 Å². The number of aryl methyl sites for hydroxylation is 1. The SMILES string of the molecule is CCn1ccnc1CN1CCC(Oc2cc(C(=O)NC3CC3)ccc2OC)CC1. The zero-order valence-electron chi connectivity index (χ0n) is 17.3. The first-order valence-electron chi connectivity index (χ1n) is 10.5. The molecule has 0 atom stereocenters. The Morgan fingerprint density at radius 1 is 1.21 bits per heavy atom. The normalized spacial score (nSPS) is 17.9. The molecule has 1 aliphatic carbocycles. The molecule has 2 fully saturated rings. The van der Waals surface area contributed by atoms with Crippen molar-refractivity contribution in [3.8, 4) is 11.5 Å². The molecule has 1 amide bonds. The van der Waals surface area contributed by atoms with Gasteiger partial charge in [-0.15, -0.1) is 0 Å². The van der Waals surface area contributed by atoms with Crippen LogP contribution in [-0.4, -0.2) is 52.7 Å². The largest absolute Gasteiger partial charge is 0.493 e. The van der Waals surface area contributed by atoms with E-state index >= 15 is 0 Å². The molecule has 1 aliphatic heterocycles. The summed E-state index contributed by atoms with van der Waals surface area (Å²) in [7, 11) is 1.63. The van der Waals surface area contributed by atoms with Gasteiger partial charge in [-0.05, 0) is 50.8 Å². The van der Waals surface area contributed by atoms with Gasteiger partial charge in [0, 0.05) is 43.6 Å². The molecule has 0 spiro atoms. The van der Waals surface area contributed by atoms with Gasteiger partial charge in [0.25, 0.3) is 5.91 Å². The average molecular weight is 399 g/mol. The van der Waals surface area contributed by atoms with Crippen LogP contribution in [-0.2, 0) is 13.1 Å². The predicted octanol–water partition coefficient (Wildman–Crippen LogP) is 2.85. The second-order valence-corrected chi connectivity index (χ2v) is 7.84. The zero-order chi connectivity index (χ0) is 20.2. The molecule has 7 heteroatoms. The summed E-state index contributed by atoms with van der Waals surface area (Å²) in [5.41, 5.74) is 0.622. The molecule has 156 valence electrons. The second kappa shape index (κ2) is 8.86. The Morgan fingerprint density at radius 3 is 2.69 bits per heavy atom. The summed E-state index contributed by atoms with van der Waals surface area (Å²) in [5, 5.41) is 3.02. The van der Waals surface area contributed by atoms with E-state index in [-0.39, 0.29) is 12.0 Å². The van der Waals surface area contributed by atoms with Gasteiger partial charge in [0.15, 0.2) is 11.5 Å². The third-order valence-electron chi connectivity index (χ3n) is 5.67. The van der Waals surface area contributed by atoms with Gasteiger partial charge in [0.2, 0.25) is 0 Å². The number of methoxy groups -OCH3 is 1. The number of carbonyl (C=O) groups is 1. The minimum atomic E-state index is -0.0405. The molecule has 1 aromatic carbocycles. The van der Waals surface area contributed by atoms with Crippen molar-refractivity contribution in [3.05, 3.63) is 42.0 Å². The smallest absolute Gasteiger partial charge is 0.251 e. The van der Waals surface area contributed by atoms with E-state index in [1.165, 1.54) is 0 Å². The van der Waals surface area contributed by atoms with E-state index < -0.39 is 0 Å². The number of nitrogens with zero attached hydrogens (tertiary/aromatic N) is 3. The fourth-order valence-corrected chi connectivity index (χ4v) is 3.75. The topological polar surface area (TPSA) is 68.6 Å². The van der Waals surface area contributed by atoms with Gasteiger partial charge in [0.05, 0.1) is 13.7 Å². The molecule has 1 saturated heterocycles. The van der Waals surface area contributed by atoms with Crippen LogP contribution in [0.2, 0.25) is 0 Å². The number of rotatable bonds is 8. The number of hydrogen-bond acceptors (Lipinski definition) is 5. The summed E-state index contributed by atoms with van der Waals surface area (Å²) in [5.74, 6) is 2.39. The summed E-state index contributed by atoms with van der Waals surface area (Å²) < 4.78 is 13.9. The molecule has 0 radical (unpaired) electrons. The lowest BCUT2D eigenvalue weighted by Gasteiger charge is -2.32. The van der Waals surface area contributed by atoms with E-state index in [1.807, 2.05) is 18.5 Å². The standard InChI is InChI=1S/C22H30N4O3/c1-3-26-13-10-23-21(26)15-25-11-8-18(9-12-25)29-20-14-16(4-7-19(20)28-2)22(27)24-17-5-6-17/h4,7,10,13-14,17-18H,3,5-6,8-9,11-12,15H2,1-2H3,(H,24,27). The van der Waals surface area contributed by atoms with E-state index in [9.17, 15) is 4.79 Å². The molecule has 1 aromatic heterocycles. The lowest BCUT2D eigenvalue weighted by molar-refractivity contribution is 0.0910. The van der Waals surface area contributed by atoms with Gasteiger partial charge in [-0.25, -0.2) is 4.98 Å². The second-order valence-electron chi connectivity index (χ2n) is 7.84. The highest BCUT2D eigenvalue weighted by atomic mass is 16.5. The van der Waals surface area contributed by atoms with Gasteiger partial charge < -0.3 is 19.4 Å². The van der Waals surface area contributed by atoms with E-state index in [0.29, 0.717) is 23.1 Å². The number of amides is 1. The zero-order valence-corrected chi connectivity index (χ0v) is 17.3. The highest BCUT2D eigenvalue weighted by molar-refractivity contribution is 5.95. The quantitative estimate of drug-likeness (QED) is 0.741. The van der Waals surface area contributed by atoms with E-state index in [4.69, 9.17) is 9.47 Å². The van der Waals surface area contributed by atoms with Crippen molar-refractivity contribution in [1.29, 1.82) is 0 Å². The maximum atomic E-state index is 12.4. The van der Waals surface area contributed by atoms with Crippen LogP contribution in [0.3, 0.4) is 0 Å². The van der Waals surface area contributed by atoms with E-state index in [0.717, 1.165) is 57.7 Å². The van der Waals surface area contributed by atoms with Crippen LogP contribution in [0.5, 0.6) is 11.5 Å². The van der Waals surface area contributed by atoms with Crippen LogP contribution in [0, 0.1) is 0 Å². The lowest BCUT2D eigenvalue weighted by atomic mass is 10.1. The number of imidazole rings is 1. The van der Waals surface area contributed by atoms with E-state index in [2.05, 4.69) is 26.7 Å². The first-order valence-corrected chi connectivity index (χ1v) is 10.5. The van der Waals surface area contributed by atoms with Crippen LogP contribution in [0.4, 0.5) is 0 Å². The molecule has 7 nitrogen and oxygen atoms in total. The van der Waals surface area contributed by atoms with Crippen LogP contribution in [0.25, 0.3) is 0 Å². The third-order valence-corrected chi connectivity index (χ3v) is 5.67. The molecule has 2 aliphatic rings. The third kappa shape index (κ3) is 4.90.